The van der Waals surface area contributed by atoms with E-state index < -0.39 is 5.78 Å². The van der Waals surface area contributed by atoms with Crippen molar-refractivity contribution in [2.24, 2.45) is 0 Å². The van der Waals surface area contributed by atoms with Gasteiger partial charge < -0.3 is 5.53 Å². The van der Waals surface area contributed by atoms with Crippen molar-refractivity contribution in [1.82, 2.24) is 4.57 Å². The van der Waals surface area contributed by atoms with E-state index in [2.05, 4.69) is 4.79 Å². The number of hydrogen-bond donors (Lipinski definition) is 0. The van der Waals surface area contributed by atoms with Gasteiger partial charge in [0.15, 0.2) is 0 Å². The molecule has 0 N–H and O–H groups in total. The minimum atomic E-state index is -0.437. The molecule has 0 aliphatic carbocycles. The van der Waals surface area contributed by atoms with E-state index in [0.29, 0.717) is 10.7 Å². The number of rotatable bonds is 3. The molecule has 0 spiro atoms. The molecule has 4 nitrogen and oxygen atoms in total. The maximum absolute atomic E-state index is 12.1. The van der Waals surface area contributed by atoms with Gasteiger partial charge in [0.25, 0.3) is 5.78 Å². The number of fused-ring (bicyclic) bond motifs is 1. The molecule has 0 saturated heterocycles. The van der Waals surface area contributed by atoms with Crippen molar-refractivity contribution < 1.29 is 9.58 Å². The molecule has 0 radical (unpaired) electrons. The zero-order valence-electron chi connectivity index (χ0n) is 10.9. The molecule has 2 aromatic carbocycles. The Morgan fingerprint density at radius 1 is 1.10 bits per heavy atom. The maximum atomic E-state index is 12.1. The van der Waals surface area contributed by atoms with E-state index in [1.165, 1.54) is 0 Å². The number of carbonyl (C=O) groups is 1. The van der Waals surface area contributed by atoms with Crippen molar-refractivity contribution >= 4 is 34.5 Å². The summed E-state index contributed by atoms with van der Waals surface area (Å²) in [5, 5.41) is 1.02. The molecule has 21 heavy (non-hydrogen) atoms. The van der Waals surface area contributed by atoms with Crippen molar-refractivity contribution in [3.8, 4) is 5.69 Å². The first kappa shape index (κ1) is 13.3. The molecule has 0 saturated carbocycles. The average Bonchev–Trinajstić information content (AvgIpc) is 2.80. The zero-order chi connectivity index (χ0) is 14.8. The van der Waals surface area contributed by atoms with Gasteiger partial charge in [0.05, 0.1) is 11.1 Å². The molecule has 3 aromatic rings. The Hall–Kier alpha value is -2.68. The molecular formula is C16H10ClN3O. The maximum Gasteiger partial charge on any atom is 0.328 e. The molecule has 5 heteroatoms. The molecule has 0 bridgehead atoms. The number of benzene rings is 2. The Morgan fingerprint density at radius 3 is 2.48 bits per heavy atom. The van der Waals surface area contributed by atoms with Crippen LogP contribution in [0.25, 0.3) is 22.1 Å². The third-order valence-corrected chi connectivity index (χ3v) is 3.61. The van der Waals surface area contributed by atoms with Crippen molar-refractivity contribution in [3.63, 3.8) is 0 Å². The Bertz CT molecular complexity index is 877. The van der Waals surface area contributed by atoms with Gasteiger partial charge in [0, 0.05) is 11.1 Å². The normalized spacial score (nSPS) is 10.3. The molecule has 0 amide bonds. The standard InChI is InChI=1S/C16H10ClN3O/c17-16-15(14(21)10-19-18)12-8-4-5-9-13(12)20(16)11-6-2-1-3-7-11/h1-10H. The second-order valence-corrected chi connectivity index (χ2v) is 4.82. The first-order chi connectivity index (χ1) is 10.2. The van der Waals surface area contributed by atoms with Gasteiger partial charge in [-0.05, 0) is 18.2 Å². The van der Waals surface area contributed by atoms with E-state index in [-0.39, 0.29) is 0 Å². The number of ketones is 1. The van der Waals surface area contributed by atoms with Gasteiger partial charge in [-0.2, -0.15) is 4.79 Å². The first-order valence-corrected chi connectivity index (χ1v) is 6.68. The number of aromatic nitrogens is 1. The summed E-state index contributed by atoms with van der Waals surface area (Å²) in [7, 11) is 0. The van der Waals surface area contributed by atoms with E-state index in [1.807, 2.05) is 54.6 Å². The minimum absolute atomic E-state index is 0.298. The highest BCUT2D eigenvalue weighted by Gasteiger charge is 2.22. The Kier molecular flexibility index (Phi) is 3.40. The molecule has 0 atom stereocenters. The van der Waals surface area contributed by atoms with Crippen molar-refractivity contribution in [2.75, 3.05) is 0 Å². The second-order valence-electron chi connectivity index (χ2n) is 4.46. The molecule has 102 valence electrons. The van der Waals surface area contributed by atoms with Crippen molar-refractivity contribution in [1.29, 1.82) is 0 Å². The van der Waals surface area contributed by atoms with Gasteiger partial charge in [-0.3, -0.25) is 9.36 Å². The van der Waals surface area contributed by atoms with E-state index in [9.17, 15) is 4.79 Å². The number of para-hydroxylation sites is 2. The number of halogens is 1. The lowest BCUT2D eigenvalue weighted by molar-refractivity contribution is 0.00236. The highest BCUT2D eigenvalue weighted by atomic mass is 35.5. The largest absolute Gasteiger partial charge is 0.361 e. The molecular weight excluding hydrogens is 286 g/mol. The molecule has 0 aliphatic heterocycles. The topological polar surface area (TPSA) is 58.4 Å². The molecule has 0 fully saturated rings. The van der Waals surface area contributed by atoms with Crippen LogP contribution in [0.1, 0.15) is 10.4 Å². The summed E-state index contributed by atoms with van der Waals surface area (Å²) in [5.41, 5.74) is 10.6. The molecule has 0 unspecified atom stereocenters. The van der Waals surface area contributed by atoms with Crippen LogP contribution in [0.3, 0.4) is 0 Å². The van der Waals surface area contributed by atoms with Crippen molar-refractivity contribution in [2.45, 2.75) is 0 Å². The number of nitrogens with zero attached hydrogens (tertiary/aromatic N) is 3. The summed E-state index contributed by atoms with van der Waals surface area (Å²) < 4.78 is 1.80. The monoisotopic (exact) mass is 295 g/mol. The van der Waals surface area contributed by atoms with Crippen LogP contribution < -0.4 is 0 Å². The third-order valence-electron chi connectivity index (χ3n) is 3.25. The molecule has 1 aromatic heterocycles. The van der Waals surface area contributed by atoms with E-state index >= 15 is 0 Å². The SMILES string of the molecule is [N-]=[N+]=CC(=O)c1c(Cl)n(-c2ccccc2)c2ccccc12. The summed E-state index contributed by atoms with van der Waals surface area (Å²) >= 11 is 6.42. The average molecular weight is 296 g/mol. The summed E-state index contributed by atoms with van der Waals surface area (Å²) in [5.74, 6) is -0.437. The highest BCUT2D eigenvalue weighted by molar-refractivity contribution is 6.44. The van der Waals surface area contributed by atoms with E-state index in [1.54, 1.807) is 4.57 Å². The molecule has 1 heterocycles. The Labute approximate surface area is 125 Å². The first-order valence-electron chi connectivity index (χ1n) is 6.30. The van der Waals surface area contributed by atoms with Crippen LogP contribution in [-0.4, -0.2) is 21.4 Å². The summed E-state index contributed by atoms with van der Waals surface area (Å²) in [6.07, 6.45) is 0.850. The van der Waals surface area contributed by atoms with Gasteiger partial charge in [0.2, 0.25) is 0 Å². The van der Waals surface area contributed by atoms with E-state index in [0.717, 1.165) is 22.8 Å². The lowest BCUT2D eigenvalue weighted by Gasteiger charge is -2.06. The van der Waals surface area contributed by atoms with Crippen LogP contribution in [0.2, 0.25) is 5.15 Å². The fourth-order valence-corrected chi connectivity index (χ4v) is 2.77. The van der Waals surface area contributed by atoms with Crippen LogP contribution in [0.5, 0.6) is 0 Å². The Morgan fingerprint density at radius 2 is 1.76 bits per heavy atom. The lowest BCUT2D eigenvalue weighted by Crippen LogP contribution is -2.02. The number of Topliss-reactive ketones (excluding diaryl/α,β-unsaturated/α-hetero) is 1. The quantitative estimate of drug-likeness (QED) is 0.314. The van der Waals surface area contributed by atoms with Gasteiger partial charge >= 0.3 is 6.21 Å². The van der Waals surface area contributed by atoms with Crippen LogP contribution in [-0.2, 0) is 0 Å². The Balaban J connectivity index is 2.39. The summed E-state index contributed by atoms with van der Waals surface area (Å²) in [4.78, 5) is 14.9. The molecule has 0 aliphatic rings. The predicted molar refractivity (Wildman–Crippen MR) is 82.3 cm³/mol. The third kappa shape index (κ3) is 2.17. The van der Waals surface area contributed by atoms with Gasteiger partial charge in [-0.25, -0.2) is 0 Å². The smallest absolute Gasteiger partial charge is 0.328 e. The number of hydrogen-bond acceptors (Lipinski definition) is 1. The van der Waals surface area contributed by atoms with Crippen LogP contribution >= 0.6 is 11.6 Å². The summed E-state index contributed by atoms with van der Waals surface area (Å²) in [6.45, 7) is 0. The highest BCUT2D eigenvalue weighted by Crippen LogP contribution is 2.32. The van der Waals surface area contributed by atoms with Gasteiger partial charge in [0.1, 0.15) is 5.15 Å². The minimum Gasteiger partial charge on any atom is -0.361 e. The zero-order valence-corrected chi connectivity index (χ0v) is 11.7. The van der Waals surface area contributed by atoms with E-state index in [4.69, 9.17) is 17.1 Å². The fraction of sp³-hybridized carbons (Fsp3) is 0. The summed E-state index contributed by atoms with van der Waals surface area (Å²) in [6, 6.07) is 17.0. The van der Waals surface area contributed by atoms with Crippen molar-refractivity contribution in [3.05, 3.63) is 70.8 Å². The van der Waals surface area contributed by atoms with Crippen LogP contribution in [0.4, 0.5) is 0 Å². The lowest BCUT2D eigenvalue weighted by atomic mass is 10.1. The number of carbonyl (C=O) groups excluding carboxylic acids is 1. The second kappa shape index (κ2) is 5.37. The van der Waals surface area contributed by atoms with Gasteiger partial charge in [-0.1, -0.05) is 48.0 Å². The van der Waals surface area contributed by atoms with Crippen LogP contribution in [0.15, 0.2) is 54.6 Å². The molecule has 3 rings (SSSR count). The van der Waals surface area contributed by atoms with Crippen LogP contribution in [0, 0.1) is 0 Å². The fourth-order valence-electron chi connectivity index (χ4n) is 2.39. The van der Waals surface area contributed by atoms with Gasteiger partial charge in [-0.15, -0.1) is 0 Å². The predicted octanol–water partition coefficient (Wildman–Crippen LogP) is 3.77.